The molecule has 0 saturated carbocycles. The molecule has 4 fully saturated rings. The fourth-order valence-corrected chi connectivity index (χ4v) is 12.8. The lowest BCUT2D eigenvalue weighted by Crippen LogP contribution is -2.63. The molecule has 2 aromatic carbocycles. The van der Waals surface area contributed by atoms with E-state index in [0.29, 0.717) is 108 Å². The standard InChI is InChI=1S/C60H81FN12O6/c1-40-9-11-44(12-10-40)27-46-29-53-51(64-59(46)78)17-20-72(53)57(76)38-68-22-19-62-31-49(68)36-66-23-25-69(34-42(66)3)55(74)7-5-6-8-56(75)70-26-24-67(43(4)35-70)37-50-32-63-41(2)33-71(50)39-58(77)73-21-18-52-54(73)30-47(60(79)65-52)28-45-13-15-48(61)16-14-45/h9-16,29-30,41-43,49-50,62-63H,5-8,17-28,31-39H2,1-4H3,(H,64,78)(H,65,79)/t41-,42-,43-,49-,50-/m1/s1. The van der Waals surface area contributed by atoms with Gasteiger partial charge in [-0.25, -0.2) is 4.39 Å². The highest BCUT2D eigenvalue weighted by molar-refractivity contribution is 5.97. The number of unbranched alkanes of at least 4 members (excludes halogenated alkanes) is 1. The molecule has 2 aromatic heterocycles. The maximum absolute atomic E-state index is 14.1. The molecule has 5 atom stereocenters. The number of fused-ring (bicyclic) bond motifs is 2. The van der Waals surface area contributed by atoms with E-state index in [1.54, 1.807) is 17.0 Å². The Kier molecular flexibility index (Phi) is 17.9. The van der Waals surface area contributed by atoms with Crippen LogP contribution >= 0.6 is 0 Å². The first-order chi connectivity index (χ1) is 38.1. The number of amides is 4. The lowest BCUT2D eigenvalue weighted by molar-refractivity contribution is -0.136. The van der Waals surface area contributed by atoms with Crippen molar-refractivity contribution in [1.29, 1.82) is 0 Å². The Morgan fingerprint density at radius 1 is 0.570 bits per heavy atom. The van der Waals surface area contributed by atoms with Crippen molar-refractivity contribution in [3.05, 3.63) is 126 Å². The molecule has 4 N–H and O–H groups in total. The summed E-state index contributed by atoms with van der Waals surface area (Å²) in [4.78, 5) is 104. The molecule has 0 unspecified atom stereocenters. The van der Waals surface area contributed by atoms with E-state index < -0.39 is 0 Å². The normalized spacial score (nSPS) is 23.3. The van der Waals surface area contributed by atoms with Crippen molar-refractivity contribution in [1.82, 2.24) is 50.0 Å². The lowest BCUT2D eigenvalue weighted by atomic mass is 10.0. The molecule has 4 aromatic rings. The molecule has 0 bridgehead atoms. The number of pyridine rings is 2. The van der Waals surface area contributed by atoms with Gasteiger partial charge in [-0.05, 0) is 75.9 Å². The van der Waals surface area contributed by atoms with Gasteiger partial charge in [0, 0.05) is 189 Å². The highest BCUT2D eigenvalue weighted by Gasteiger charge is 2.37. The fourth-order valence-electron chi connectivity index (χ4n) is 12.8. The average Bonchev–Trinajstić information content (AvgIpc) is 4.20. The third kappa shape index (κ3) is 13.6. The molecular formula is C60H81FN12O6. The van der Waals surface area contributed by atoms with Crippen molar-refractivity contribution in [3.63, 3.8) is 0 Å². The molecular weight excluding hydrogens is 1000 g/mol. The second kappa shape index (κ2) is 25.1. The van der Waals surface area contributed by atoms with E-state index in [0.717, 1.165) is 92.8 Å². The van der Waals surface area contributed by atoms with Gasteiger partial charge >= 0.3 is 0 Å². The lowest BCUT2D eigenvalue weighted by Gasteiger charge is -2.45. The maximum Gasteiger partial charge on any atom is 0.251 e. The Bertz CT molecular complexity index is 2950. The van der Waals surface area contributed by atoms with E-state index in [-0.39, 0.29) is 77.3 Å². The van der Waals surface area contributed by atoms with Gasteiger partial charge in [-0.3, -0.25) is 48.4 Å². The highest BCUT2D eigenvalue weighted by Crippen LogP contribution is 2.30. The number of aromatic amines is 2. The van der Waals surface area contributed by atoms with Crippen LogP contribution in [0.1, 0.15) is 85.7 Å². The number of piperazine rings is 4. The van der Waals surface area contributed by atoms with Crippen LogP contribution in [0.25, 0.3) is 0 Å². The number of aryl methyl sites for hydroxylation is 1. The molecule has 4 amide bonds. The number of nitrogens with zero attached hydrogens (tertiary/aromatic N) is 8. The summed E-state index contributed by atoms with van der Waals surface area (Å²) in [5.41, 5.74) is 7.11. The van der Waals surface area contributed by atoms with Gasteiger partial charge in [0.25, 0.3) is 11.1 Å². The monoisotopic (exact) mass is 1080 g/mol. The van der Waals surface area contributed by atoms with Crippen LogP contribution in [0.15, 0.2) is 70.3 Å². The predicted molar refractivity (Wildman–Crippen MR) is 304 cm³/mol. The number of hydrogen-bond donors (Lipinski definition) is 4. The molecule has 6 aliphatic heterocycles. The SMILES string of the molecule is Cc1ccc(Cc2cc3c([nH]c2=O)CCN3C(=O)CN2CCNC[C@@H]2CN2CCN(C(=O)CCCCC(=O)N3CCN(C[C@H]4CN[C@H](C)CN4CC(=O)N4CCc5[nH]c(=O)c(Cc6ccc(F)cc6)cc54)[C@H](C)C3)C[C@H]2C)cc1. The topological polar surface area (TPSA) is 184 Å². The second-order valence-electron chi connectivity index (χ2n) is 23.3. The summed E-state index contributed by atoms with van der Waals surface area (Å²) < 4.78 is 13.6. The zero-order valence-corrected chi connectivity index (χ0v) is 46.7. The van der Waals surface area contributed by atoms with Gasteiger partial charge in [-0.1, -0.05) is 42.0 Å². The van der Waals surface area contributed by atoms with Crippen molar-refractivity contribution in [2.24, 2.45) is 0 Å². The fraction of sp³-hybridized carbons (Fsp3) is 0.567. The van der Waals surface area contributed by atoms with E-state index in [1.807, 2.05) is 45.9 Å². The van der Waals surface area contributed by atoms with Crippen LogP contribution in [0.5, 0.6) is 0 Å². The van der Waals surface area contributed by atoms with Crippen LogP contribution in [0.4, 0.5) is 15.8 Å². The second-order valence-corrected chi connectivity index (χ2v) is 23.3. The van der Waals surface area contributed by atoms with Crippen LogP contribution in [0, 0.1) is 12.7 Å². The molecule has 18 nitrogen and oxygen atoms in total. The molecule has 8 heterocycles. The number of anilines is 2. The van der Waals surface area contributed by atoms with Crippen LogP contribution in [0.2, 0.25) is 0 Å². The van der Waals surface area contributed by atoms with Crippen molar-refractivity contribution >= 4 is 35.0 Å². The summed E-state index contributed by atoms with van der Waals surface area (Å²) in [6.45, 7) is 19.6. The average molecular weight is 1090 g/mol. The predicted octanol–water partition coefficient (Wildman–Crippen LogP) is 2.73. The molecule has 4 saturated heterocycles. The van der Waals surface area contributed by atoms with E-state index >= 15 is 0 Å². The first-order valence-corrected chi connectivity index (χ1v) is 29.0. The number of aromatic nitrogens is 2. The van der Waals surface area contributed by atoms with E-state index in [4.69, 9.17) is 0 Å². The molecule has 0 aliphatic carbocycles. The zero-order chi connectivity index (χ0) is 55.3. The maximum atomic E-state index is 14.1. The van der Waals surface area contributed by atoms with Crippen LogP contribution in [0.3, 0.4) is 0 Å². The minimum atomic E-state index is -0.330. The number of benzene rings is 2. The third-order valence-electron chi connectivity index (χ3n) is 17.6. The highest BCUT2D eigenvalue weighted by atomic mass is 19.1. The first kappa shape index (κ1) is 56.2. The number of halogens is 1. The molecule has 0 spiro atoms. The summed E-state index contributed by atoms with van der Waals surface area (Å²) in [6, 6.07) is 18.8. The number of rotatable bonds is 17. The number of carbonyl (C=O) groups excluding carboxylic acids is 4. The van der Waals surface area contributed by atoms with Gasteiger partial charge < -0.3 is 40.2 Å². The Balaban J connectivity index is 0.638. The minimum absolute atomic E-state index is 0.00176. The van der Waals surface area contributed by atoms with Crippen molar-refractivity contribution < 1.29 is 23.6 Å². The largest absolute Gasteiger partial charge is 0.340 e. The van der Waals surface area contributed by atoms with Gasteiger partial charge in [-0.15, -0.1) is 0 Å². The summed E-state index contributed by atoms with van der Waals surface area (Å²) in [6.07, 6.45) is 4.22. The number of nitrogens with one attached hydrogen (secondary N) is 4. The van der Waals surface area contributed by atoms with E-state index in [1.165, 1.54) is 17.7 Å². The Labute approximate surface area is 463 Å². The molecule has 6 aliphatic rings. The molecule has 424 valence electrons. The molecule has 0 radical (unpaired) electrons. The van der Waals surface area contributed by atoms with Crippen LogP contribution < -0.4 is 31.6 Å². The van der Waals surface area contributed by atoms with Crippen LogP contribution in [-0.2, 0) is 44.9 Å². The molecule has 19 heteroatoms. The summed E-state index contributed by atoms with van der Waals surface area (Å²) >= 11 is 0. The number of carbonyl (C=O) groups is 4. The van der Waals surface area contributed by atoms with Crippen molar-refractivity contribution in [3.8, 4) is 0 Å². The summed E-state index contributed by atoms with van der Waals surface area (Å²) in [5.74, 6) is -0.0171. The Morgan fingerprint density at radius 3 is 1.58 bits per heavy atom. The van der Waals surface area contributed by atoms with Crippen molar-refractivity contribution in [2.75, 3.05) is 121 Å². The quantitative estimate of drug-likeness (QED) is 0.114. The van der Waals surface area contributed by atoms with Gasteiger partial charge in [-0.2, -0.15) is 0 Å². The van der Waals surface area contributed by atoms with E-state index in [2.05, 4.69) is 73.1 Å². The minimum Gasteiger partial charge on any atom is -0.340 e. The Hall–Kier alpha value is -6.09. The number of hydrogen-bond acceptors (Lipinski definition) is 12. The van der Waals surface area contributed by atoms with Crippen molar-refractivity contribution in [2.45, 2.75) is 109 Å². The molecule has 79 heavy (non-hydrogen) atoms. The number of H-pyrrole nitrogens is 2. The van der Waals surface area contributed by atoms with Gasteiger partial charge in [0.05, 0.1) is 24.5 Å². The van der Waals surface area contributed by atoms with E-state index in [9.17, 15) is 33.2 Å². The van der Waals surface area contributed by atoms with Gasteiger partial charge in [0.2, 0.25) is 23.6 Å². The summed E-state index contributed by atoms with van der Waals surface area (Å²) in [7, 11) is 0. The van der Waals surface area contributed by atoms with Gasteiger partial charge in [0.1, 0.15) is 5.82 Å². The zero-order valence-electron chi connectivity index (χ0n) is 46.7. The summed E-state index contributed by atoms with van der Waals surface area (Å²) in [5, 5.41) is 7.16. The van der Waals surface area contributed by atoms with Gasteiger partial charge in [0.15, 0.2) is 0 Å². The molecule has 10 rings (SSSR count). The third-order valence-corrected chi connectivity index (χ3v) is 17.6. The Morgan fingerprint density at radius 2 is 1.06 bits per heavy atom. The smallest absolute Gasteiger partial charge is 0.251 e. The first-order valence-electron chi connectivity index (χ1n) is 29.0. The van der Waals surface area contributed by atoms with Crippen LogP contribution in [-0.4, -0.2) is 204 Å².